The van der Waals surface area contributed by atoms with Crippen molar-refractivity contribution in [1.29, 1.82) is 0 Å². The van der Waals surface area contributed by atoms with Crippen molar-refractivity contribution in [3.8, 4) is 0 Å². The minimum absolute atomic E-state index is 0.150. The third-order valence-electron chi connectivity index (χ3n) is 4.80. The predicted molar refractivity (Wildman–Crippen MR) is 89.9 cm³/mol. The zero-order chi connectivity index (χ0) is 15.8. The van der Waals surface area contributed by atoms with Crippen LogP contribution in [0.25, 0.3) is 0 Å². The summed E-state index contributed by atoms with van der Waals surface area (Å²) in [6.45, 7) is 3.75. The fourth-order valence-electron chi connectivity index (χ4n) is 3.38. The summed E-state index contributed by atoms with van der Waals surface area (Å²) < 4.78 is 2.25. The van der Waals surface area contributed by atoms with E-state index in [-0.39, 0.29) is 5.91 Å². The van der Waals surface area contributed by atoms with Crippen molar-refractivity contribution >= 4 is 17.2 Å². The third kappa shape index (κ3) is 2.92. The number of likely N-dealkylation sites (tertiary alicyclic amines) is 1. The van der Waals surface area contributed by atoms with Crippen LogP contribution in [0.15, 0.2) is 18.6 Å². The van der Waals surface area contributed by atoms with Crippen molar-refractivity contribution in [1.82, 2.24) is 19.4 Å². The fourth-order valence-corrected chi connectivity index (χ4v) is 4.43. The van der Waals surface area contributed by atoms with Crippen LogP contribution in [-0.2, 0) is 6.42 Å². The number of hydrogen-bond donors (Lipinski definition) is 0. The van der Waals surface area contributed by atoms with Gasteiger partial charge in [-0.3, -0.25) is 4.79 Å². The third-order valence-corrected chi connectivity index (χ3v) is 5.95. The molecule has 2 fully saturated rings. The highest BCUT2D eigenvalue weighted by atomic mass is 32.1. The average molecular weight is 330 g/mol. The lowest BCUT2D eigenvalue weighted by atomic mass is 10.0. The molecule has 4 rings (SSSR count). The number of carbonyl (C=O) groups is 1. The molecule has 0 bridgehead atoms. The molecule has 0 aromatic carbocycles. The van der Waals surface area contributed by atoms with Crippen molar-refractivity contribution in [2.24, 2.45) is 0 Å². The lowest BCUT2D eigenvalue weighted by molar-refractivity contribution is 0.0682. The van der Waals surface area contributed by atoms with Crippen molar-refractivity contribution in [3.63, 3.8) is 0 Å². The molecule has 0 unspecified atom stereocenters. The maximum atomic E-state index is 12.8. The zero-order valence-electron chi connectivity index (χ0n) is 13.4. The van der Waals surface area contributed by atoms with Crippen LogP contribution in [0, 0.1) is 0 Å². The van der Waals surface area contributed by atoms with E-state index in [1.807, 2.05) is 11.1 Å². The second-order valence-corrected chi connectivity index (χ2v) is 7.55. The van der Waals surface area contributed by atoms with Crippen LogP contribution < -0.4 is 0 Å². The van der Waals surface area contributed by atoms with Crippen molar-refractivity contribution < 1.29 is 4.79 Å². The molecule has 2 aliphatic rings. The maximum Gasteiger partial charge on any atom is 0.265 e. The van der Waals surface area contributed by atoms with Crippen LogP contribution in [0.1, 0.15) is 65.1 Å². The van der Waals surface area contributed by atoms with Crippen LogP contribution >= 0.6 is 11.3 Å². The van der Waals surface area contributed by atoms with E-state index in [2.05, 4.69) is 27.7 Å². The molecule has 1 saturated carbocycles. The van der Waals surface area contributed by atoms with Gasteiger partial charge in [-0.25, -0.2) is 9.97 Å². The van der Waals surface area contributed by atoms with Crippen molar-refractivity contribution in [2.45, 2.75) is 51.0 Å². The zero-order valence-corrected chi connectivity index (χ0v) is 14.3. The van der Waals surface area contributed by atoms with Gasteiger partial charge in [-0.2, -0.15) is 0 Å². The van der Waals surface area contributed by atoms with E-state index in [0.29, 0.717) is 12.0 Å². The summed E-state index contributed by atoms with van der Waals surface area (Å²) >= 11 is 1.59. The summed E-state index contributed by atoms with van der Waals surface area (Å²) in [5.74, 6) is 1.88. The summed E-state index contributed by atoms with van der Waals surface area (Å²) in [6.07, 6.45) is 11.2. The molecule has 0 spiro atoms. The Labute approximate surface area is 140 Å². The van der Waals surface area contributed by atoms with Gasteiger partial charge >= 0.3 is 0 Å². The van der Waals surface area contributed by atoms with Gasteiger partial charge in [0.2, 0.25) is 0 Å². The highest BCUT2D eigenvalue weighted by molar-refractivity contribution is 7.13. The molecule has 0 radical (unpaired) electrons. The smallest absolute Gasteiger partial charge is 0.265 e. The molecule has 1 atom stereocenters. The fraction of sp³-hybridized carbons (Fsp3) is 0.588. The molecule has 6 heteroatoms. The van der Waals surface area contributed by atoms with Gasteiger partial charge in [0, 0.05) is 37.8 Å². The molecule has 2 aromatic heterocycles. The van der Waals surface area contributed by atoms with Crippen LogP contribution in [-0.4, -0.2) is 38.4 Å². The van der Waals surface area contributed by atoms with Crippen molar-refractivity contribution in [2.75, 3.05) is 13.1 Å². The van der Waals surface area contributed by atoms with E-state index in [0.717, 1.165) is 48.1 Å². The van der Waals surface area contributed by atoms with Crippen LogP contribution in [0.3, 0.4) is 0 Å². The number of imidazole rings is 1. The predicted octanol–water partition coefficient (Wildman–Crippen LogP) is 3.26. The van der Waals surface area contributed by atoms with Crippen LogP contribution in [0.2, 0.25) is 0 Å². The van der Waals surface area contributed by atoms with Gasteiger partial charge in [0.25, 0.3) is 5.91 Å². The van der Waals surface area contributed by atoms with Crippen LogP contribution in [0.4, 0.5) is 0 Å². The Morgan fingerprint density at radius 1 is 1.35 bits per heavy atom. The van der Waals surface area contributed by atoms with E-state index < -0.39 is 0 Å². The van der Waals surface area contributed by atoms with E-state index in [1.165, 1.54) is 12.8 Å². The summed E-state index contributed by atoms with van der Waals surface area (Å²) in [5.41, 5.74) is 0. The van der Waals surface area contributed by atoms with E-state index in [4.69, 9.17) is 0 Å². The Balaban J connectivity index is 1.48. The summed E-state index contributed by atoms with van der Waals surface area (Å²) in [6, 6.07) is 0.348. The van der Waals surface area contributed by atoms with Crippen LogP contribution in [0.5, 0.6) is 0 Å². The highest BCUT2D eigenvalue weighted by Gasteiger charge is 2.30. The number of piperidine rings is 1. The number of carbonyl (C=O) groups excluding carboxylic acids is 1. The lowest BCUT2D eigenvalue weighted by Gasteiger charge is -2.33. The first kappa shape index (κ1) is 14.9. The first-order valence-electron chi connectivity index (χ1n) is 8.53. The molecule has 23 heavy (non-hydrogen) atoms. The topological polar surface area (TPSA) is 51.0 Å². The number of aryl methyl sites for hydroxylation is 1. The molecule has 1 aliphatic carbocycles. The normalized spacial score (nSPS) is 21.6. The maximum absolute atomic E-state index is 12.8. The monoisotopic (exact) mass is 330 g/mol. The van der Waals surface area contributed by atoms with Gasteiger partial charge in [0.15, 0.2) is 0 Å². The number of hydrogen-bond acceptors (Lipinski definition) is 4. The molecular formula is C17H22N4OS. The lowest BCUT2D eigenvalue weighted by Crippen LogP contribution is -2.40. The van der Waals surface area contributed by atoms with Gasteiger partial charge in [-0.1, -0.05) is 6.92 Å². The quantitative estimate of drug-likeness (QED) is 0.864. The summed E-state index contributed by atoms with van der Waals surface area (Å²) in [7, 11) is 0. The average Bonchev–Trinajstić information content (AvgIpc) is 3.14. The molecule has 1 amide bonds. The SMILES string of the molecule is CCc1nccn1[C@H]1CCCN(C(=O)c2cnc(C3CC3)s2)C1. The number of rotatable bonds is 4. The molecule has 0 N–H and O–H groups in total. The Kier molecular flexibility index (Phi) is 3.93. The highest BCUT2D eigenvalue weighted by Crippen LogP contribution is 2.42. The number of amides is 1. The Hall–Kier alpha value is -1.69. The van der Waals surface area contributed by atoms with Gasteiger partial charge in [0.1, 0.15) is 10.7 Å². The second-order valence-electron chi connectivity index (χ2n) is 6.49. The van der Waals surface area contributed by atoms with Gasteiger partial charge in [0.05, 0.1) is 17.2 Å². The molecule has 1 aliphatic heterocycles. The first-order chi connectivity index (χ1) is 11.3. The number of nitrogens with zero attached hydrogens (tertiary/aromatic N) is 4. The second kappa shape index (κ2) is 6.07. The molecule has 3 heterocycles. The van der Waals surface area contributed by atoms with Gasteiger partial charge in [-0.05, 0) is 25.7 Å². The molecule has 5 nitrogen and oxygen atoms in total. The Bertz CT molecular complexity index is 703. The minimum atomic E-state index is 0.150. The first-order valence-corrected chi connectivity index (χ1v) is 9.34. The van der Waals surface area contributed by atoms with Crippen molar-refractivity contribution in [3.05, 3.63) is 34.3 Å². The molecule has 122 valence electrons. The van der Waals surface area contributed by atoms with Gasteiger partial charge < -0.3 is 9.47 Å². The minimum Gasteiger partial charge on any atom is -0.336 e. The molecule has 2 aromatic rings. The van der Waals surface area contributed by atoms with E-state index in [1.54, 1.807) is 17.5 Å². The standard InChI is InChI=1S/C17H22N4OS/c1-2-15-18-7-9-21(15)13-4-3-8-20(11-13)17(22)14-10-19-16(23-14)12-5-6-12/h7,9-10,12-13H,2-6,8,11H2,1H3/t13-/m0/s1. The number of thiazole rings is 1. The Morgan fingerprint density at radius 3 is 3.00 bits per heavy atom. The summed E-state index contributed by atoms with van der Waals surface area (Å²) in [4.78, 5) is 24.5. The Morgan fingerprint density at radius 2 is 2.22 bits per heavy atom. The van der Waals surface area contributed by atoms with Gasteiger partial charge in [-0.15, -0.1) is 11.3 Å². The summed E-state index contributed by atoms with van der Waals surface area (Å²) in [5, 5.41) is 1.14. The molecule has 1 saturated heterocycles. The largest absolute Gasteiger partial charge is 0.336 e. The van der Waals surface area contributed by atoms with E-state index >= 15 is 0 Å². The molecular weight excluding hydrogens is 308 g/mol. The number of aromatic nitrogens is 3. The van der Waals surface area contributed by atoms with E-state index in [9.17, 15) is 4.79 Å².